The van der Waals surface area contributed by atoms with E-state index in [4.69, 9.17) is 0 Å². The third kappa shape index (κ3) is 4.01. The van der Waals surface area contributed by atoms with Crippen LogP contribution in [0, 0.1) is 0 Å². The molecule has 2 heterocycles. The van der Waals surface area contributed by atoms with E-state index in [0.717, 1.165) is 31.2 Å². The molecule has 0 spiro atoms. The first-order valence-corrected chi connectivity index (χ1v) is 6.69. The standard InChI is InChI=1S/C10H16N4O2S/c15-8-6-14(5-3-11-8)4-1-2-12-10-13-9(16)7-17-10/h1-7H2,(H,11,15)(H,12,13,16). The van der Waals surface area contributed by atoms with Crippen molar-refractivity contribution in [1.29, 1.82) is 0 Å². The van der Waals surface area contributed by atoms with Gasteiger partial charge in [0.15, 0.2) is 5.17 Å². The molecule has 0 atom stereocenters. The zero-order chi connectivity index (χ0) is 12.1. The van der Waals surface area contributed by atoms with Gasteiger partial charge in [-0.2, -0.15) is 0 Å². The van der Waals surface area contributed by atoms with E-state index in [2.05, 4.69) is 20.5 Å². The lowest BCUT2D eigenvalue weighted by molar-refractivity contribution is -0.124. The van der Waals surface area contributed by atoms with Crippen LogP contribution in [-0.2, 0) is 9.59 Å². The van der Waals surface area contributed by atoms with Gasteiger partial charge in [0.05, 0.1) is 12.3 Å². The third-order valence-electron chi connectivity index (χ3n) is 2.59. The second-order valence-corrected chi connectivity index (χ2v) is 4.97. The molecule has 2 N–H and O–H groups in total. The third-order valence-corrected chi connectivity index (χ3v) is 3.50. The summed E-state index contributed by atoms with van der Waals surface area (Å²) in [6.07, 6.45) is 0.910. The van der Waals surface area contributed by atoms with Crippen LogP contribution in [0.5, 0.6) is 0 Å². The average molecular weight is 256 g/mol. The molecule has 0 aromatic heterocycles. The molecule has 2 amide bonds. The minimum atomic E-state index is 0.0291. The first kappa shape index (κ1) is 12.4. The number of nitrogens with zero attached hydrogens (tertiary/aromatic N) is 2. The number of amidine groups is 1. The van der Waals surface area contributed by atoms with Crippen molar-refractivity contribution in [3.05, 3.63) is 0 Å². The van der Waals surface area contributed by atoms with Crippen LogP contribution in [0.25, 0.3) is 0 Å². The molecule has 0 bridgehead atoms. The molecular weight excluding hydrogens is 240 g/mol. The van der Waals surface area contributed by atoms with Gasteiger partial charge >= 0.3 is 0 Å². The van der Waals surface area contributed by atoms with Crippen molar-refractivity contribution in [2.45, 2.75) is 6.42 Å². The molecule has 0 unspecified atom stereocenters. The summed E-state index contributed by atoms with van der Waals surface area (Å²) in [4.78, 5) is 28.4. The summed E-state index contributed by atoms with van der Waals surface area (Å²) in [5.74, 6) is 0.605. The van der Waals surface area contributed by atoms with Crippen LogP contribution in [0.3, 0.4) is 0 Å². The molecule has 0 aliphatic carbocycles. The average Bonchev–Trinajstić information content (AvgIpc) is 2.71. The summed E-state index contributed by atoms with van der Waals surface area (Å²) >= 11 is 1.45. The molecule has 94 valence electrons. The van der Waals surface area contributed by atoms with Crippen LogP contribution < -0.4 is 10.6 Å². The Hall–Kier alpha value is -1.08. The first-order valence-electron chi connectivity index (χ1n) is 5.70. The Bertz CT molecular complexity index is 345. The van der Waals surface area contributed by atoms with E-state index >= 15 is 0 Å². The van der Waals surface area contributed by atoms with Gasteiger partial charge in [-0.05, 0) is 6.42 Å². The van der Waals surface area contributed by atoms with Crippen molar-refractivity contribution in [1.82, 2.24) is 15.5 Å². The fraction of sp³-hybridized carbons (Fsp3) is 0.700. The van der Waals surface area contributed by atoms with E-state index in [9.17, 15) is 9.59 Å². The van der Waals surface area contributed by atoms with Crippen molar-refractivity contribution in [3.63, 3.8) is 0 Å². The largest absolute Gasteiger partial charge is 0.354 e. The number of aliphatic imine (C=N–C) groups is 1. The Morgan fingerprint density at radius 1 is 1.35 bits per heavy atom. The smallest absolute Gasteiger partial charge is 0.236 e. The molecule has 0 aromatic rings. The number of hydrogen-bond donors (Lipinski definition) is 2. The second kappa shape index (κ2) is 6.02. The van der Waals surface area contributed by atoms with E-state index < -0.39 is 0 Å². The molecule has 0 aromatic carbocycles. The van der Waals surface area contributed by atoms with Gasteiger partial charge < -0.3 is 10.6 Å². The van der Waals surface area contributed by atoms with Gasteiger partial charge in [-0.15, -0.1) is 0 Å². The number of hydrogen-bond acceptors (Lipinski definition) is 5. The van der Waals surface area contributed by atoms with Crippen LogP contribution in [0.2, 0.25) is 0 Å². The van der Waals surface area contributed by atoms with E-state index in [1.54, 1.807) is 0 Å². The first-order chi connectivity index (χ1) is 8.24. The van der Waals surface area contributed by atoms with Crippen LogP contribution in [-0.4, -0.2) is 60.4 Å². The van der Waals surface area contributed by atoms with E-state index in [-0.39, 0.29) is 11.8 Å². The molecule has 2 saturated heterocycles. The monoisotopic (exact) mass is 256 g/mol. The minimum absolute atomic E-state index is 0.0291. The van der Waals surface area contributed by atoms with Gasteiger partial charge in [0.1, 0.15) is 0 Å². The number of piperazine rings is 1. The van der Waals surface area contributed by atoms with Crippen molar-refractivity contribution >= 4 is 28.7 Å². The van der Waals surface area contributed by atoms with Gasteiger partial charge in [-0.25, -0.2) is 0 Å². The highest BCUT2D eigenvalue weighted by atomic mass is 32.2. The lowest BCUT2D eigenvalue weighted by atomic mass is 10.3. The van der Waals surface area contributed by atoms with Gasteiger partial charge in [0.25, 0.3) is 0 Å². The highest BCUT2D eigenvalue weighted by Gasteiger charge is 2.17. The Balaban J connectivity index is 1.62. The molecule has 2 aliphatic heterocycles. The summed E-state index contributed by atoms with van der Waals surface area (Å²) in [6, 6.07) is 0. The van der Waals surface area contributed by atoms with Crippen molar-refractivity contribution in [2.75, 3.05) is 38.5 Å². The predicted molar refractivity (Wildman–Crippen MR) is 67.0 cm³/mol. The fourth-order valence-corrected chi connectivity index (χ4v) is 2.48. The number of carbonyl (C=O) groups is 2. The van der Waals surface area contributed by atoms with Crippen molar-refractivity contribution in [3.8, 4) is 0 Å². The quantitative estimate of drug-likeness (QED) is 0.635. The summed E-state index contributed by atoms with van der Waals surface area (Å²) in [7, 11) is 0. The molecule has 7 heteroatoms. The number of nitrogens with one attached hydrogen (secondary N) is 2. The fourth-order valence-electron chi connectivity index (χ4n) is 1.77. The molecule has 0 saturated carbocycles. The van der Waals surface area contributed by atoms with Crippen LogP contribution in [0.4, 0.5) is 0 Å². The number of amides is 2. The molecule has 2 rings (SSSR count). The lowest BCUT2D eigenvalue weighted by Crippen LogP contribution is -2.47. The zero-order valence-electron chi connectivity index (χ0n) is 9.57. The van der Waals surface area contributed by atoms with E-state index in [1.165, 1.54) is 11.8 Å². The topological polar surface area (TPSA) is 73.8 Å². The maximum atomic E-state index is 11.1. The summed E-state index contributed by atoms with van der Waals surface area (Å²) in [5.41, 5.74) is 0. The maximum absolute atomic E-state index is 11.1. The molecule has 6 nitrogen and oxygen atoms in total. The predicted octanol–water partition coefficient (Wildman–Crippen LogP) is -0.973. The van der Waals surface area contributed by atoms with Crippen LogP contribution in [0.1, 0.15) is 6.42 Å². The Labute approximate surface area is 104 Å². The number of rotatable bonds is 4. The van der Waals surface area contributed by atoms with Gasteiger partial charge in [-0.3, -0.25) is 19.5 Å². The lowest BCUT2D eigenvalue weighted by Gasteiger charge is -2.25. The Morgan fingerprint density at radius 3 is 2.94 bits per heavy atom. The Morgan fingerprint density at radius 2 is 2.24 bits per heavy atom. The summed E-state index contributed by atoms with van der Waals surface area (Å²) in [5, 5.41) is 6.22. The van der Waals surface area contributed by atoms with Crippen molar-refractivity contribution in [2.24, 2.45) is 4.99 Å². The molecule has 2 fully saturated rings. The molecular formula is C10H16N4O2S. The Kier molecular flexibility index (Phi) is 4.38. The molecule has 0 radical (unpaired) electrons. The van der Waals surface area contributed by atoms with Gasteiger partial charge in [0.2, 0.25) is 11.8 Å². The summed E-state index contributed by atoms with van der Waals surface area (Å²) in [6.45, 7) is 3.71. The SMILES string of the molecule is O=C1CN(CCCN=C2NC(=O)CS2)CCN1. The zero-order valence-corrected chi connectivity index (χ0v) is 10.4. The normalized spacial score (nSPS) is 23.9. The highest BCUT2D eigenvalue weighted by molar-refractivity contribution is 8.15. The minimum Gasteiger partial charge on any atom is -0.354 e. The highest BCUT2D eigenvalue weighted by Crippen LogP contribution is 2.08. The summed E-state index contributed by atoms with van der Waals surface area (Å²) < 4.78 is 0. The van der Waals surface area contributed by atoms with Gasteiger partial charge in [0, 0.05) is 26.2 Å². The van der Waals surface area contributed by atoms with Gasteiger partial charge in [-0.1, -0.05) is 11.8 Å². The maximum Gasteiger partial charge on any atom is 0.236 e. The van der Waals surface area contributed by atoms with Crippen LogP contribution in [0.15, 0.2) is 4.99 Å². The van der Waals surface area contributed by atoms with E-state index in [1.807, 2.05) is 0 Å². The van der Waals surface area contributed by atoms with Crippen LogP contribution >= 0.6 is 11.8 Å². The molecule has 2 aliphatic rings. The second-order valence-electron chi connectivity index (χ2n) is 4.00. The number of thioether (sulfide) groups is 1. The molecule has 17 heavy (non-hydrogen) atoms. The van der Waals surface area contributed by atoms with Crippen molar-refractivity contribution < 1.29 is 9.59 Å². The van der Waals surface area contributed by atoms with E-state index in [0.29, 0.717) is 18.8 Å². The number of carbonyl (C=O) groups excluding carboxylic acids is 2.